The molecule has 0 amide bonds. The molecule has 388 valence electrons. The number of aliphatic carboxylic acids is 2. The van der Waals surface area contributed by atoms with Crippen LogP contribution in [0.3, 0.4) is 0 Å². The van der Waals surface area contributed by atoms with Crippen LogP contribution in [-0.4, -0.2) is 56.6 Å². The number of carboxylic acids is 2. The SMILES string of the molecule is CCCCCC(O)/C=C/C=C\C/C=C\CCCCCCC(=O)O.CCCCCC(O)/C=C/C=C\C/C=C\CCCCCCC(=O)OC(/C=C/C=C\C/C=C\CCCCCCC(=O)O)CCCCC. The summed E-state index contributed by atoms with van der Waals surface area (Å²) in [5.74, 6) is -1.49. The van der Waals surface area contributed by atoms with Crippen LogP contribution >= 0.6 is 0 Å². The lowest BCUT2D eigenvalue weighted by atomic mass is 10.1. The van der Waals surface area contributed by atoms with Gasteiger partial charge in [0, 0.05) is 19.3 Å². The Morgan fingerprint density at radius 3 is 1.12 bits per heavy atom. The van der Waals surface area contributed by atoms with E-state index in [1.165, 1.54) is 25.7 Å². The fourth-order valence-corrected chi connectivity index (χ4v) is 7.01. The zero-order chi connectivity index (χ0) is 50.2. The summed E-state index contributed by atoms with van der Waals surface area (Å²) in [5, 5.41) is 36.7. The summed E-state index contributed by atoms with van der Waals surface area (Å²) in [4.78, 5) is 33.3. The van der Waals surface area contributed by atoms with Gasteiger partial charge in [0.05, 0.1) is 12.2 Å². The van der Waals surface area contributed by atoms with Crippen LogP contribution in [-0.2, 0) is 19.1 Å². The molecule has 0 aromatic heterocycles. The number of allylic oxidation sites excluding steroid dienone is 15. The molecule has 0 radical (unpaired) electrons. The summed E-state index contributed by atoms with van der Waals surface area (Å²) in [6.45, 7) is 6.52. The molecule has 0 bridgehead atoms. The quantitative estimate of drug-likeness (QED) is 0.0205. The van der Waals surface area contributed by atoms with E-state index in [4.69, 9.17) is 14.9 Å². The topological polar surface area (TPSA) is 141 Å². The van der Waals surface area contributed by atoms with Crippen molar-refractivity contribution < 1.29 is 39.5 Å². The first kappa shape index (κ1) is 66.1. The van der Waals surface area contributed by atoms with Gasteiger partial charge in [0.1, 0.15) is 6.10 Å². The van der Waals surface area contributed by atoms with Crippen molar-refractivity contribution in [3.05, 3.63) is 109 Å². The molecule has 0 aliphatic carbocycles. The van der Waals surface area contributed by atoms with Gasteiger partial charge in [-0.05, 0) is 109 Å². The summed E-state index contributed by atoms with van der Waals surface area (Å²) in [6, 6.07) is 0. The van der Waals surface area contributed by atoms with E-state index in [-0.39, 0.29) is 30.7 Å². The number of carboxylic acid groups (broad SMARTS) is 2. The zero-order valence-corrected chi connectivity index (χ0v) is 43.4. The van der Waals surface area contributed by atoms with E-state index in [1.54, 1.807) is 0 Å². The second-order valence-electron chi connectivity index (χ2n) is 17.9. The van der Waals surface area contributed by atoms with Crippen molar-refractivity contribution in [3.8, 4) is 0 Å². The van der Waals surface area contributed by atoms with Gasteiger partial charge in [0.25, 0.3) is 0 Å². The third kappa shape index (κ3) is 58.1. The van der Waals surface area contributed by atoms with Gasteiger partial charge in [-0.3, -0.25) is 14.4 Å². The molecule has 0 saturated carbocycles. The third-order valence-corrected chi connectivity index (χ3v) is 11.2. The lowest BCUT2D eigenvalue weighted by Crippen LogP contribution is -2.16. The predicted octanol–water partition coefficient (Wildman–Crippen LogP) is 16.7. The summed E-state index contributed by atoms with van der Waals surface area (Å²) in [5.41, 5.74) is 0. The molecule has 4 N–H and O–H groups in total. The van der Waals surface area contributed by atoms with Gasteiger partial charge in [-0.2, -0.15) is 0 Å². The van der Waals surface area contributed by atoms with Crippen LogP contribution in [0.15, 0.2) is 109 Å². The minimum Gasteiger partial charge on any atom is -0.481 e. The van der Waals surface area contributed by atoms with Gasteiger partial charge in [0.2, 0.25) is 0 Å². The molecule has 0 aliphatic rings. The van der Waals surface area contributed by atoms with E-state index in [1.807, 2.05) is 54.7 Å². The van der Waals surface area contributed by atoms with Crippen LogP contribution in [0.5, 0.6) is 0 Å². The number of hydrogen-bond donors (Lipinski definition) is 4. The molecule has 8 nitrogen and oxygen atoms in total. The second-order valence-corrected chi connectivity index (χ2v) is 17.9. The molecule has 68 heavy (non-hydrogen) atoms. The average molecular weight is 949 g/mol. The first-order valence-electron chi connectivity index (χ1n) is 27.1. The Kier molecular flexibility index (Phi) is 54.0. The van der Waals surface area contributed by atoms with Crippen LogP contribution in [0.4, 0.5) is 0 Å². The second kappa shape index (κ2) is 55.6. The molecule has 8 heteroatoms. The molecule has 0 aromatic rings. The van der Waals surface area contributed by atoms with Crippen LogP contribution in [0, 0.1) is 0 Å². The van der Waals surface area contributed by atoms with Crippen molar-refractivity contribution in [2.24, 2.45) is 0 Å². The minimum atomic E-state index is -0.706. The summed E-state index contributed by atoms with van der Waals surface area (Å²) in [6.07, 6.45) is 68.1. The van der Waals surface area contributed by atoms with Crippen LogP contribution in [0.2, 0.25) is 0 Å². The number of carbonyl (C=O) groups excluding carboxylic acids is 1. The lowest BCUT2D eigenvalue weighted by Gasteiger charge is -2.14. The Hall–Kier alpha value is -4.01. The molecule has 3 unspecified atom stereocenters. The number of unbranched alkanes of at least 4 members (excludes halogenated alkanes) is 18. The molecular weight excluding hydrogens is 849 g/mol. The number of hydrogen-bond acceptors (Lipinski definition) is 6. The van der Waals surface area contributed by atoms with Crippen LogP contribution in [0.1, 0.15) is 233 Å². The lowest BCUT2D eigenvalue weighted by molar-refractivity contribution is -0.147. The van der Waals surface area contributed by atoms with Crippen molar-refractivity contribution in [1.82, 2.24) is 0 Å². The fourth-order valence-electron chi connectivity index (χ4n) is 7.01. The first-order valence-corrected chi connectivity index (χ1v) is 27.1. The molecule has 0 aliphatic heterocycles. The normalized spacial score (nSPS) is 13.7. The van der Waals surface area contributed by atoms with Gasteiger partial charge in [-0.1, -0.05) is 214 Å². The highest BCUT2D eigenvalue weighted by Gasteiger charge is 2.11. The third-order valence-electron chi connectivity index (χ3n) is 11.2. The fraction of sp³-hybridized carbons (Fsp3) is 0.650. The van der Waals surface area contributed by atoms with Gasteiger partial charge in [-0.15, -0.1) is 0 Å². The Labute approximate surface area is 416 Å². The van der Waals surface area contributed by atoms with E-state index in [2.05, 4.69) is 75.5 Å². The maximum Gasteiger partial charge on any atom is 0.306 e. The Bertz CT molecular complexity index is 1410. The largest absolute Gasteiger partial charge is 0.481 e. The van der Waals surface area contributed by atoms with Crippen molar-refractivity contribution in [3.63, 3.8) is 0 Å². The monoisotopic (exact) mass is 949 g/mol. The Balaban J connectivity index is 0. The van der Waals surface area contributed by atoms with Gasteiger partial charge in [-0.25, -0.2) is 0 Å². The van der Waals surface area contributed by atoms with Crippen molar-refractivity contribution in [1.29, 1.82) is 0 Å². The average Bonchev–Trinajstić information content (AvgIpc) is 3.31. The number of carbonyl (C=O) groups is 3. The molecule has 3 atom stereocenters. The Morgan fingerprint density at radius 2 is 0.735 bits per heavy atom. The molecule has 0 saturated heterocycles. The number of aliphatic hydroxyl groups excluding tert-OH is 2. The van der Waals surface area contributed by atoms with E-state index >= 15 is 0 Å². The van der Waals surface area contributed by atoms with Crippen molar-refractivity contribution in [2.75, 3.05) is 0 Å². The summed E-state index contributed by atoms with van der Waals surface area (Å²) in [7, 11) is 0. The molecule has 0 rings (SSSR count). The number of aliphatic hydroxyl groups is 2. The smallest absolute Gasteiger partial charge is 0.306 e. The highest BCUT2D eigenvalue weighted by molar-refractivity contribution is 5.69. The van der Waals surface area contributed by atoms with Crippen LogP contribution < -0.4 is 0 Å². The minimum absolute atomic E-state index is 0.0924. The maximum atomic E-state index is 12.5. The molecule has 0 spiro atoms. The van der Waals surface area contributed by atoms with E-state index in [0.717, 1.165) is 167 Å². The van der Waals surface area contributed by atoms with E-state index in [9.17, 15) is 24.6 Å². The standard InChI is InChI=1S/C40H66O5.C20H34O3/c1-3-5-25-31-37(41)32-27-21-17-13-9-7-12-16-20-24-30-36-40(44)45-38(33-26-6-4-2)34-28-22-18-14-10-8-11-15-19-23-29-35-39(42)43;1-2-3-13-16-19(21)17-14-11-9-7-5-4-6-8-10-12-15-18-20(22)23/h7-10,17-18,21-22,27-28,32,34,37-38,41H,3-6,11-16,19-20,23-26,29-31,33,35-36H2,1-2H3,(H,42,43);4-5,9,11,14,17,19,21H,2-3,6-8,10,12-13,15-16,18H2,1H3,(H,22,23)/b9-7-,10-8-,21-17-,22-18-,32-27+,34-28+;5-4-,11-9-,17-14+. The van der Waals surface area contributed by atoms with Crippen LogP contribution in [0.25, 0.3) is 0 Å². The molecular formula is C60H100O8. The highest BCUT2D eigenvalue weighted by Crippen LogP contribution is 2.13. The molecule has 0 heterocycles. The summed E-state index contributed by atoms with van der Waals surface area (Å²) < 4.78 is 5.80. The van der Waals surface area contributed by atoms with E-state index in [0.29, 0.717) is 12.8 Å². The number of esters is 1. The molecule has 0 fully saturated rings. The van der Waals surface area contributed by atoms with Gasteiger partial charge in [0.15, 0.2) is 0 Å². The van der Waals surface area contributed by atoms with E-state index < -0.39 is 11.9 Å². The van der Waals surface area contributed by atoms with Crippen molar-refractivity contribution in [2.45, 2.75) is 251 Å². The zero-order valence-electron chi connectivity index (χ0n) is 43.4. The first-order chi connectivity index (χ1) is 33.2. The number of ether oxygens (including phenoxy) is 1. The number of rotatable bonds is 46. The van der Waals surface area contributed by atoms with Crippen molar-refractivity contribution >= 4 is 17.9 Å². The van der Waals surface area contributed by atoms with Gasteiger partial charge < -0.3 is 25.2 Å². The summed E-state index contributed by atoms with van der Waals surface area (Å²) >= 11 is 0. The predicted molar refractivity (Wildman–Crippen MR) is 289 cm³/mol. The molecule has 0 aromatic carbocycles. The van der Waals surface area contributed by atoms with Gasteiger partial charge >= 0.3 is 17.9 Å². The maximum absolute atomic E-state index is 12.5. The highest BCUT2D eigenvalue weighted by atomic mass is 16.5. The Morgan fingerprint density at radius 1 is 0.382 bits per heavy atom.